The smallest absolute Gasteiger partial charge is 0.313 e. The van der Waals surface area contributed by atoms with Gasteiger partial charge in [0, 0.05) is 57.5 Å². The van der Waals surface area contributed by atoms with E-state index in [1.54, 1.807) is 182 Å². The van der Waals surface area contributed by atoms with Crippen molar-refractivity contribution in [3.8, 4) is 11.5 Å². The Labute approximate surface area is 835 Å². The molecule has 11 aromatic carbocycles. The van der Waals surface area contributed by atoms with Crippen molar-refractivity contribution in [1.82, 2.24) is 14.8 Å². The van der Waals surface area contributed by atoms with Crippen LogP contribution < -0.4 is 9.44 Å². The number of hydrogen-bond acceptors (Lipinski definition) is 23. The second-order valence-electron chi connectivity index (χ2n) is 34.3. The van der Waals surface area contributed by atoms with Gasteiger partial charge in [-0.3, -0.25) is 43.2 Å². The first-order valence-electron chi connectivity index (χ1n) is 45.9. The van der Waals surface area contributed by atoms with Crippen LogP contribution >= 0.6 is 23.5 Å². The van der Waals surface area contributed by atoms with E-state index in [1.807, 2.05) is 32.9 Å². The van der Waals surface area contributed by atoms with Crippen LogP contribution in [0.25, 0.3) is 21.5 Å². The van der Waals surface area contributed by atoms with E-state index in [9.17, 15) is 91.6 Å². The summed E-state index contributed by atoms with van der Waals surface area (Å²) in [5.41, 5.74) is 6.67. The van der Waals surface area contributed by atoms with E-state index in [4.69, 9.17) is 19.7 Å². The van der Waals surface area contributed by atoms with Crippen LogP contribution in [0.5, 0.6) is 11.5 Å². The molecule has 2 fully saturated rings. The van der Waals surface area contributed by atoms with Crippen molar-refractivity contribution in [2.75, 3.05) is 47.5 Å². The number of carboxylic acid groups (broad SMARTS) is 4. The van der Waals surface area contributed by atoms with E-state index in [1.165, 1.54) is 89.5 Å². The molecule has 2 saturated carbocycles. The molecule has 29 nitrogen and oxygen atoms in total. The van der Waals surface area contributed by atoms with E-state index >= 15 is 0 Å². The van der Waals surface area contributed by atoms with Gasteiger partial charge in [-0.2, -0.15) is 25.6 Å². The number of phenolic OH excluding ortho intramolecular Hbond substituents is 2. The number of aromatic hydroxyl groups is 2. The molecule has 4 aliphatic carbocycles. The molecule has 1 aromatic heterocycles. The molecule has 1 heterocycles. The molecule has 0 amide bonds. The summed E-state index contributed by atoms with van der Waals surface area (Å²) in [6.45, 7) is 5.47. The van der Waals surface area contributed by atoms with Crippen LogP contribution in [-0.2, 0) is 88.4 Å². The number of carboxylic acids is 4. The number of ether oxygens (including phenoxy) is 2. The van der Waals surface area contributed by atoms with Crippen molar-refractivity contribution in [1.29, 1.82) is 0 Å². The number of carbonyl (C=O) groups excluding carboxylic acids is 2. The van der Waals surface area contributed by atoms with Crippen molar-refractivity contribution in [3.05, 3.63) is 340 Å². The van der Waals surface area contributed by atoms with Crippen molar-refractivity contribution in [3.63, 3.8) is 0 Å². The minimum atomic E-state index is -4.19. The highest BCUT2D eigenvalue weighted by atomic mass is 32.2. The number of rotatable bonds is 36. The molecule has 16 rings (SSSR count). The number of anilines is 2. The highest BCUT2D eigenvalue weighted by molar-refractivity contribution is 8.00. The predicted octanol–water partition coefficient (Wildman–Crippen LogP) is 20.3. The molecule has 4 aliphatic rings. The maximum Gasteiger partial charge on any atom is 0.313 e. The number of nitrogens with zero attached hydrogens (tertiary/aromatic N) is 5. The van der Waals surface area contributed by atoms with E-state index < -0.39 is 87.2 Å². The summed E-state index contributed by atoms with van der Waals surface area (Å²) in [7, 11) is -16.1. The molecule has 8 N–H and O–H groups in total. The van der Waals surface area contributed by atoms with Crippen LogP contribution in [0, 0.1) is 11.6 Å². The highest BCUT2D eigenvalue weighted by Crippen LogP contribution is 2.44. The number of nitrogens with one attached hydrogen (secondary N) is 2. The fourth-order valence-corrected chi connectivity index (χ4v) is 22.4. The number of ketones is 2. The van der Waals surface area contributed by atoms with Gasteiger partial charge in [-0.25, -0.2) is 25.6 Å². The number of sulfonamides is 4. The zero-order valence-electron chi connectivity index (χ0n) is 78.1. The molecule has 12 aromatic rings. The van der Waals surface area contributed by atoms with E-state index in [0.29, 0.717) is 59.9 Å². The number of thioether (sulfide) groups is 2. The Bertz CT molecular complexity index is 7110. The number of pyridine rings is 1. The van der Waals surface area contributed by atoms with Gasteiger partial charge in [0.25, 0.3) is 40.1 Å². The summed E-state index contributed by atoms with van der Waals surface area (Å²) in [6, 6.07) is 65.0. The third kappa shape index (κ3) is 28.4. The van der Waals surface area contributed by atoms with Crippen molar-refractivity contribution >= 4 is 143 Å². The molecule has 143 heavy (non-hydrogen) atoms. The maximum absolute atomic E-state index is 13.6. The first kappa shape index (κ1) is 107. The third-order valence-electron chi connectivity index (χ3n) is 24.0. The van der Waals surface area contributed by atoms with Gasteiger partial charge in [-0.15, -0.1) is 23.5 Å². The summed E-state index contributed by atoms with van der Waals surface area (Å²) >= 11 is 1.85. The molecule has 0 atom stereocenters. The normalized spacial score (nSPS) is 14.6. The van der Waals surface area contributed by atoms with Gasteiger partial charge in [0.1, 0.15) is 42.3 Å². The quantitative estimate of drug-likeness (QED) is 0.0103. The van der Waals surface area contributed by atoms with Gasteiger partial charge < -0.3 is 49.9 Å². The molecular weight excluding hydrogens is 1950 g/mol. The molecule has 0 aliphatic heterocycles. The Morgan fingerprint density at radius 2 is 0.853 bits per heavy atom. The Morgan fingerprint density at radius 1 is 0.448 bits per heavy atom. The summed E-state index contributed by atoms with van der Waals surface area (Å²) in [6.07, 6.45) is 15.2. The standard InChI is InChI=1S/C33H33FN2O6S.C32H32FN3O6S.C21H21NO5S2.C20H19NO5S2/c34-26-12-6-8-23(18-26)21-42-22-36(17-16-32(37)38)31-20-30(28-14-4-5-15-29(28)33(31)39)35-43(40,41)27-13-7-11-25(19-27)24-9-2-1-3-10-24;33-25-11-4-7-22(17-25)20-42-21-36(16-14-30(37)38)29-19-28(27-13-6-15-34-31(27)32(29)39)35-43(40,41)26-12-5-10-24(18-26)23-8-2-1-3-9-23;1-13(2)14-7-9-15(10-8-14)29(26,27)22-18-11-19(28-12-20(23)24)21(25)17-6-4-3-5-16(17)18;1-2-13-7-9-14(10-8-13)28(25,26)21-17-11-18(27-12-19(22)23)20(24)16-6-4-3-5-15(16)17/h4-8,11-15,18-20,24H,1-3,9-10,16-17,21-22H2,(H,37,38);4-7,10-13,15,17-19,23H,1-3,8-9,14,16,20-21H2,(H,37,38);3-11,13,22,25H,12H2,1-2H3,(H,23,24);3-11,21,24H,2,12H2,1H3,(H,22,23). The van der Waals surface area contributed by atoms with Gasteiger partial charge >= 0.3 is 23.9 Å². The number of benzene rings is 11. The second-order valence-corrected chi connectivity index (χ2v) is 42.9. The summed E-state index contributed by atoms with van der Waals surface area (Å²) in [5.74, 6) is -5.77. The zero-order valence-corrected chi connectivity index (χ0v) is 83.0. The fourth-order valence-electron chi connectivity index (χ4n) is 16.7. The third-order valence-corrected chi connectivity index (χ3v) is 31.4. The first-order valence-corrected chi connectivity index (χ1v) is 53.7. The lowest BCUT2D eigenvalue weighted by Crippen LogP contribution is -2.35. The molecule has 0 spiro atoms. The fraction of sp³-hybridized carbons (Fsp3) is 0.255. The topological polar surface area (TPSA) is 447 Å². The summed E-state index contributed by atoms with van der Waals surface area (Å²) in [4.78, 5) is 79.8. The van der Waals surface area contributed by atoms with E-state index in [-0.39, 0.29) is 152 Å². The van der Waals surface area contributed by atoms with Crippen LogP contribution in [-0.4, -0.2) is 164 Å². The van der Waals surface area contributed by atoms with Gasteiger partial charge in [-0.05, 0) is 192 Å². The SMILES string of the molecule is CC(C)c1ccc(S(=O)(=O)Nc2cc(SCC(=O)O)c(O)c3ccccc23)cc1.CCc1ccc(S(=O)(=O)Nc2cc(SCC(=O)O)c(O)c3ccccc23)cc1.O=C(O)CCN(COCc1cccc(F)c1)C1=CC(=NS(=O)(=O)c2cccc(C3CCCCC3)c2)c2ccccc2C1=O.O=C(O)CCN(COCc1cccc(F)c1)C1=CC(=NS(=O)(=O)c2cccc(C3CCCCC3)c2)c2cccnc2C1=O. The molecule has 0 radical (unpaired) electrons. The number of hydrogen-bond donors (Lipinski definition) is 8. The lowest BCUT2D eigenvalue weighted by molar-refractivity contribution is -0.138. The van der Waals surface area contributed by atoms with Crippen LogP contribution in [0.4, 0.5) is 20.2 Å². The monoisotopic (exact) mass is 2060 g/mol. The lowest BCUT2D eigenvalue weighted by Gasteiger charge is -2.29. The Morgan fingerprint density at radius 3 is 1.28 bits per heavy atom. The number of fused-ring (bicyclic) bond motifs is 4. The number of allylic oxidation sites excluding steroid dienone is 4. The van der Waals surface area contributed by atoms with Gasteiger partial charge in [0.2, 0.25) is 11.6 Å². The minimum absolute atomic E-state index is 0.00315. The molecule has 37 heteroatoms. The molecule has 746 valence electrons. The van der Waals surface area contributed by atoms with E-state index in [2.05, 4.69) is 23.2 Å². The highest BCUT2D eigenvalue weighted by Gasteiger charge is 2.35. The average molecular weight is 2060 g/mol. The van der Waals surface area contributed by atoms with Gasteiger partial charge in [0.15, 0.2) is 0 Å². The lowest BCUT2D eigenvalue weighted by atomic mass is 9.84. The molecule has 0 saturated heterocycles. The van der Waals surface area contributed by atoms with Crippen molar-refractivity contribution in [2.24, 2.45) is 8.80 Å². The second kappa shape index (κ2) is 48.8. The number of aryl methyl sites for hydroxylation is 1. The van der Waals surface area contributed by atoms with Crippen LogP contribution in [0.15, 0.2) is 311 Å². The van der Waals surface area contributed by atoms with E-state index in [0.717, 1.165) is 104 Å². The van der Waals surface area contributed by atoms with Crippen LogP contribution in [0.2, 0.25) is 0 Å². The number of aliphatic carboxylic acids is 4. The predicted molar refractivity (Wildman–Crippen MR) is 543 cm³/mol. The Balaban J connectivity index is 0.000000163. The average Bonchev–Trinajstić information content (AvgIpc) is 0.783. The Hall–Kier alpha value is -13.8. The molecule has 0 unspecified atom stereocenters. The molecular formula is C106H105F2N7O22S6. The largest absolute Gasteiger partial charge is 0.506 e. The minimum Gasteiger partial charge on any atom is -0.506 e. The number of Topliss-reactive ketones (excluding diaryl/α,β-unsaturated/α-hetero) is 2. The van der Waals surface area contributed by atoms with Gasteiger partial charge in [0.05, 0.1) is 101 Å². The zero-order chi connectivity index (χ0) is 102. The summed E-state index contributed by atoms with van der Waals surface area (Å²) in [5, 5.41) is 59.4. The summed E-state index contributed by atoms with van der Waals surface area (Å²) < 4.78 is 158. The molecule has 0 bridgehead atoms. The number of aromatic nitrogens is 1. The Kier molecular flexibility index (Phi) is 36.3. The van der Waals surface area contributed by atoms with Crippen molar-refractivity contribution < 1.29 is 111 Å². The first-order chi connectivity index (χ1) is 68.4. The van der Waals surface area contributed by atoms with Crippen LogP contribution in [0.3, 0.4) is 0 Å². The number of halogens is 2. The van der Waals surface area contributed by atoms with Gasteiger partial charge in [-0.1, -0.05) is 205 Å². The van der Waals surface area contributed by atoms with Crippen molar-refractivity contribution in [2.45, 2.75) is 165 Å². The number of carbonyl (C=O) groups is 6. The van der Waals surface area contributed by atoms with Crippen LogP contribution in [0.1, 0.15) is 181 Å². The number of phenols is 2. The maximum atomic E-state index is 13.6.